The van der Waals surface area contributed by atoms with Gasteiger partial charge >= 0.3 is 12.1 Å². The van der Waals surface area contributed by atoms with Crippen molar-refractivity contribution < 1.29 is 27.9 Å². The average Bonchev–Trinajstić information content (AvgIpc) is 3.44. The summed E-state index contributed by atoms with van der Waals surface area (Å²) in [5.74, 6) is -2.53. The number of aliphatic carboxylic acids is 1. The number of piperidine rings is 2. The number of carbonyl (C=O) groups excluding carboxylic acids is 1. The van der Waals surface area contributed by atoms with Crippen molar-refractivity contribution in [3.8, 4) is 0 Å². The van der Waals surface area contributed by atoms with E-state index < -0.39 is 12.1 Å². The van der Waals surface area contributed by atoms with Gasteiger partial charge in [0, 0.05) is 24.7 Å². The van der Waals surface area contributed by atoms with Gasteiger partial charge in [0.25, 0.3) is 5.91 Å². The van der Waals surface area contributed by atoms with Gasteiger partial charge in [-0.25, -0.2) is 9.78 Å². The molecule has 0 radical (unpaired) electrons. The van der Waals surface area contributed by atoms with Crippen LogP contribution in [-0.4, -0.2) is 64.1 Å². The SMILES string of the molecule is O=C(O)C(F)(F)F.O=C(c1cccs1)N1CCC2(CCN(Cc3nccs3)CC2)CC1. The minimum Gasteiger partial charge on any atom is -0.475 e. The van der Waals surface area contributed by atoms with Crippen molar-refractivity contribution >= 4 is 34.6 Å². The van der Waals surface area contributed by atoms with E-state index in [9.17, 15) is 18.0 Å². The molecule has 2 aliphatic rings. The van der Waals surface area contributed by atoms with Crippen LogP contribution in [0.3, 0.4) is 0 Å². The third kappa shape index (κ3) is 6.50. The minimum absolute atomic E-state index is 0.223. The monoisotopic (exact) mass is 475 g/mol. The average molecular weight is 476 g/mol. The lowest BCUT2D eigenvalue weighted by atomic mass is 9.71. The first-order valence-electron chi connectivity index (χ1n) is 9.92. The highest BCUT2D eigenvalue weighted by Gasteiger charge is 2.39. The van der Waals surface area contributed by atoms with E-state index in [4.69, 9.17) is 9.90 Å². The molecule has 2 saturated heterocycles. The predicted molar refractivity (Wildman–Crippen MR) is 112 cm³/mol. The normalized spacial score (nSPS) is 19.0. The Bertz CT molecular complexity index is 839. The van der Waals surface area contributed by atoms with Crippen LogP contribution in [-0.2, 0) is 11.3 Å². The van der Waals surface area contributed by atoms with E-state index in [1.165, 1.54) is 30.9 Å². The van der Waals surface area contributed by atoms with Crippen LogP contribution in [0.4, 0.5) is 13.2 Å². The number of nitrogens with zero attached hydrogens (tertiary/aromatic N) is 3. The van der Waals surface area contributed by atoms with E-state index >= 15 is 0 Å². The van der Waals surface area contributed by atoms with Crippen molar-refractivity contribution in [3.05, 3.63) is 39.0 Å². The number of thiophene rings is 1. The van der Waals surface area contributed by atoms with Gasteiger partial charge in [-0.2, -0.15) is 13.2 Å². The molecule has 4 heterocycles. The van der Waals surface area contributed by atoms with Gasteiger partial charge < -0.3 is 10.0 Å². The zero-order valence-corrected chi connectivity index (χ0v) is 18.4. The van der Waals surface area contributed by atoms with Crippen molar-refractivity contribution in [2.24, 2.45) is 5.41 Å². The molecule has 2 fully saturated rings. The first-order valence-corrected chi connectivity index (χ1v) is 11.7. The molecule has 0 aliphatic carbocycles. The molecule has 1 N–H and O–H groups in total. The van der Waals surface area contributed by atoms with Crippen LogP contribution >= 0.6 is 22.7 Å². The van der Waals surface area contributed by atoms with E-state index in [-0.39, 0.29) is 5.91 Å². The van der Waals surface area contributed by atoms with Gasteiger partial charge in [0.2, 0.25) is 0 Å². The van der Waals surface area contributed by atoms with E-state index in [1.54, 1.807) is 22.7 Å². The molecule has 4 rings (SSSR count). The second-order valence-electron chi connectivity index (χ2n) is 7.77. The van der Waals surface area contributed by atoms with Crippen molar-refractivity contribution in [3.63, 3.8) is 0 Å². The van der Waals surface area contributed by atoms with Crippen LogP contribution in [0.5, 0.6) is 0 Å². The maximum atomic E-state index is 12.5. The van der Waals surface area contributed by atoms with Crippen molar-refractivity contribution in [1.29, 1.82) is 0 Å². The van der Waals surface area contributed by atoms with E-state index in [1.807, 2.05) is 23.7 Å². The van der Waals surface area contributed by atoms with E-state index in [0.29, 0.717) is 5.41 Å². The fourth-order valence-corrected chi connectivity index (χ4v) is 5.30. The van der Waals surface area contributed by atoms with E-state index in [2.05, 4.69) is 20.2 Å². The second kappa shape index (κ2) is 10.1. The molecular formula is C20H24F3N3O3S2. The first-order chi connectivity index (χ1) is 14.7. The summed E-state index contributed by atoms with van der Waals surface area (Å²) >= 11 is 3.30. The number of carboxylic acid groups (broad SMARTS) is 1. The molecule has 0 aromatic carbocycles. The van der Waals surface area contributed by atoms with Crippen molar-refractivity contribution in [1.82, 2.24) is 14.8 Å². The lowest BCUT2D eigenvalue weighted by Crippen LogP contribution is -2.48. The number of carboxylic acids is 1. The Labute approximate surface area is 186 Å². The molecule has 0 atom stereocenters. The van der Waals surface area contributed by atoms with E-state index in [0.717, 1.165) is 37.4 Å². The Morgan fingerprint density at radius 2 is 1.68 bits per heavy atom. The van der Waals surface area contributed by atoms with Crippen LogP contribution in [0.25, 0.3) is 0 Å². The third-order valence-corrected chi connectivity index (χ3v) is 7.47. The number of rotatable bonds is 3. The maximum Gasteiger partial charge on any atom is 0.490 e. The summed E-state index contributed by atoms with van der Waals surface area (Å²) in [5.41, 5.74) is 0.464. The van der Waals surface area contributed by atoms with Crippen LogP contribution in [0, 0.1) is 5.41 Å². The molecule has 1 spiro atoms. The van der Waals surface area contributed by atoms with Gasteiger partial charge in [0.15, 0.2) is 0 Å². The summed E-state index contributed by atoms with van der Waals surface area (Å²) < 4.78 is 31.7. The van der Waals surface area contributed by atoms with Crippen LogP contribution < -0.4 is 0 Å². The fraction of sp³-hybridized carbons (Fsp3) is 0.550. The maximum absolute atomic E-state index is 12.5. The van der Waals surface area contributed by atoms with Crippen molar-refractivity contribution in [2.75, 3.05) is 26.2 Å². The molecule has 2 aromatic rings. The Hall–Kier alpha value is -1.98. The van der Waals surface area contributed by atoms with Gasteiger partial charge in [0.05, 0.1) is 11.4 Å². The fourth-order valence-electron chi connectivity index (χ4n) is 3.95. The summed E-state index contributed by atoms with van der Waals surface area (Å²) in [4.78, 5) is 31.3. The number of hydrogen-bond acceptors (Lipinski definition) is 6. The summed E-state index contributed by atoms with van der Waals surface area (Å²) in [6.07, 6.45) is 1.66. The molecule has 1 amide bonds. The number of amides is 1. The first kappa shape index (κ1) is 23.7. The highest BCUT2D eigenvalue weighted by Crippen LogP contribution is 2.41. The van der Waals surface area contributed by atoms with Gasteiger partial charge in [-0.1, -0.05) is 6.07 Å². The topological polar surface area (TPSA) is 73.7 Å². The van der Waals surface area contributed by atoms with Crippen molar-refractivity contribution in [2.45, 2.75) is 38.4 Å². The predicted octanol–water partition coefficient (Wildman–Crippen LogP) is 4.36. The number of carbonyl (C=O) groups is 2. The lowest BCUT2D eigenvalue weighted by Gasteiger charge is -2.46. The molecule has 31 heavy (non-hydrogen) atoms. The Kier molecular flexibility index (Phi) is 7.71. The van der Waals surface area contributed by atoms with Gasteiger partial charge in [-0.3, -0.25) is 9.69 Å². The molecule has 11 heteroatoms. The summed E-state index contributed by atoms with van der Waals surface area (Å²) in [6.45, 7) is 5.17. The summed E-state index contributed by atoms with van der Waals surface area (Å²) in [5, 5.41) is 12.4. The highest BCUT2D eigenvalue weighted by molar-refractivity contribution is 7.12. The largest absolute Gasteiger partial charge is 0.490 e. The number of likely N-dealkylation sites (tertiary alicyclic amines) is 2. The lowest BCUT2D eigenvalue weighted by molar-refractivity contribution is -0.192. The van der Waals surface area contributed by atoms with Gasteiger partial charge in [-0.15, -0.1) is 22.7 Å². The summed E-state index contributed by atoms with van der Waals surface area (Å²) in [6, 6.07) is 3.90. The number of halogens is 3. The number of thiazole rings is 1. The number of alkyl halides is 3. The molecular weight excluding hydrogens is 451 g/mol. The molecule has 2 aromatic heterocycles. The van der Waals surface area contributed by atoms with Gasteiger partial charge in [0.1, 0.15) is 5.01 Å². The van der Waals surface area contributed by atoms with Crippen LogP contribution in [0.15, 0.2) is 29.1 Å². The molecule has 2 aliphatic heterocycles. The Morgan fingerprint density at radius 1 is 1.06 bits per heavy atom. The molecule has 6 nitrogen and oxygen atoms in total. The standard InChI is InChI=1S/C18H23N3OS2.C2HF3O2/c22-17(15-2-1-12-23-15)21-10-5-18(6-11-21)3-8-20(9-4-18)14-16-19-7-13-24-16;3-2(4,5)1(6)7/h1-2,7,12-13H,3-6,8-11,14H2;(H,6,7). The highest BCUT2D eigenvalue weighted by atomic mass is 32.1. The quantitative estimate of drug-likeness (QED) is 0.714. The van der Waals surface area contributed by atoms with Crippen LogP contribution in [0.2, 0.25) is 0 Å². The second-order valence-corrected chi connectivity index (χ2v) is 9.70. The smallest absolute Gasteiger partial charge is 0.475 e. The molecule has 170 valence electrons. The zero-order valence-electron chi connectivity index (χ0n) is 16.8. The van der Waals surface area contributed by atoms with Gasteiger partial charge in [-0.05, 0) is 55.6 Å². The van der Waals surface area contributed by atoms with Crippen LogP contribution in [0.1, 0.15) is 40.4 Å². The zero-order chi connectivity index (χ0) is 22.5. The Balaban J connectivity index is 0.000000339. The third-order valence-electron chi connectivity index (χ3n) is 5.84. The Morgan fingerprint density at radius 3 is 2.16 bits per heavy atom. The number of aromatic nitrogens is 1. The molecule has 0 unspecified atom stereocenters. The molecule has 0 saturated carbocycles. The molecule has 0 bridgehead atoms. The summed E-state index contributed by atoms with van der Waals surface area (Å²) in [7, 11) is 0. The number of hydrogen-bond donors (Lipinski definition) is 1. The minimum atomic E-state index is -5.08.